The summed E-state index contributed by atoms with van der Waals surface area (Å²) < 4.78 is 13.1. The number of hydrogen-bond donors (Lipinski definition) is 4. The van der Waals surface area contributed by atoms with Crippen LogP contribution in [-0.4, -0.2) is 52.3 Å². The molecule has 1 aliphatic heterocycles. The molecule has 3 atom stereocenters. The molecule has 1 saturated heterocycles. The predicted molar refractivity (Wildman–Crippen MR) is 165 cm³/mol. The van der Waals surface area contributed by atoms with Gasteiger partial charge in [-0.25, -0.2) is 5.48 Å². The van der Waals surface area contributed by atoms with Gasteiger partial charge in [0, 0.05) is 49.6 Å². The van der Waals surface area contributed by atoms with Gasteiger partial charge >= 0.3 is 0 Å². The van der Waals surface area contributed by atoms with Crippen molar-refractivity contribution in [2.24, 2.45) is 0 Å². The Bertz CT molecular complexity index is 1150. The third kappa shape index (κ3) is 10.3. The topological polar surface area (TPSA) is 120 Å². The average molecular weight is 594 g/mol. The Morgan fingerprint density at radius 3 is 2.19 bits per heavy atom. The minimum atomic E-state index is -0.548. The highest BCUT2D eigenvalue weighted by Gasteiger charge is 2.34. The highest BCUT2D eigenvalue weighted by Crippen LogP contribution is 2.39. The summed E-state index contributed by atoms with van der Waals surface area (Å²) in [7, 11) is 0. The monoisotopic (exact) mass is 593 g/mol. The fourth-order valence-corrected chi connectivity index (χ4v) is 6.03. The van der Waals surface area contributed by atoms with E-state index in [9.17, 15) is 14.7 Å². The van der Waals surface area contributed by atoms with Crippen molar-refractivity contribution in [2.45, 2.75) is 102 Å². The maximum atomic E-state index is 12.5. The summed E-state index contributed by atoms with van der Waals surface area (Å²) in [4.78, 5) is 26.0. The van der Waals surface area contributed by atoms with Crippen LogP contribution in [0.4, 0.5) is 5.69 Å². The average Bonchev–Trinajstić information content (AvgIpc) is 3.58. The smallest absolute Gasteiger partial charge is 0.243 e. The molecule has 2 aromatic rings. The number of unbranched alkanes of at least 4 members (excludes halogenated alkanes) is 3. The Hall–Kier alpha value is -3.08. The second kappa shape index (κ2) is 17.3. The molecule has 2 amide bonds. The van der Waals surface area contributed by atoms with Crippen LogP contribution in [0.5, 0.6) is 0 Å². The first-order valence-electron chi connectivity index (χ1n) is 15.7. The van der Waals surface area contributed by atoms with Crippen molar-refractivity contribution >= 4 is 17.5 Å². The Labute approximate surface area is 255 Å². The second-order valence-electron chi connectivity index (χ2n) is 11.7. The zero-order chi connectivity index (χ0) is 30.4. The van der Waals surface area contributed by atoms with Crippen LogP contribution >= 0.6 is 0 Å². The Morgan fingerprint density at radius 1 is 0.907 bits per heavy atom. The van der Waals surface area contributed by atoms with Crippen LogP contribution in [0.3, 0.4) is 0 Å². The molecule has 0 aromatic heterocycles. The van der Waals surface area contributed by atoms with Gasteiger partial charge in [0.2, 0.25) is 11.8 Å². The number of carbonyl (C=O) groups is 2. The molecule has 4 rings (SSSR count). The maximum Gasteiger partial charge on any atom is 0.243 e. The van der Waals surface area contributed by atoms with E-state index < -0.39 is 6.29 Å². The van der Waals surface area contributed by atoms with Crippen LogP contribution in [0.1, 0.15) is 99.7 Å². The molecule has 1 aliphatic carbocycles. The molecule has 9 heteroatoms. The number of amides is 2. The number of nitrogens with zero attached hydrogens (tertiary/aromatic N) is 1. The molecule has 1 heterocycles. The fourth-order valence-electron chi connectivity index (χ4n) is 6.03. The predicted octanol–water partition coefficient (Wildman–Crippen LogP) is 5.94. The van der Waals surface area contributed by atoms with Crippen molar-refractivity contribution < 1.29 is 29.4 Å². The molecule has 4 N–H and O–H groups in total. The minimum Gasteiger partial charge on any atom is -0.392 e. The Morgan fingerprint density at radius 2 is 1.56 bits per heavy atom. The zero-order valence-corrected chi connectivity index (χ0v) is 25.1. The highest BCUT2D eigenvalue weighted by atomic mass is 16.7. The lowest BCUT2D eigenvalue weighted by Crippen LogP contribution is -2.43. The fraction of sp³-hybridized carbons (Fsp3) is 0.529. The third-order valence-electron chi connectivity index (χ3n) is 8.41. The van der Waals surface area contributed by atoms with Crippen molar-refractivity contribution in [3.8, 4) is 0 Å². The molecule has 0 bridgehead atoms. The number of aliphatic hydroxyl groups excluding tert-OH is 1. The van der Waals surface area contributed by atoms with E-state index in [1.807, 2.05) is 54.6 Å². The lowest BCUT2D eigenvalue weighted by molar-refractivity contribution is -0.253. The molecule has 234 valence electrons. The van der Waals surface area contributed by atoms with Crippen LogP contribution in [0, 0.1) is 0 Å². The molecular weight excluding hydrogens is 546 g/mol. The summed E-state index contributed by atoms with van der Waals surface area (Å²) in [6.07, 6.45) is 10.7. The van der Waals surface area contributed by atoms with Gasteiger partial charge in [-0.3, -0.25) is 19.7 Å². The molecule has 43 heavy (non-hydrogen) atoms. The molecule has 0 radical (unpaired) electrons. The number of rotatable bonds is 16. The number of nitrogens with one attached hydrogen (secondary N) is 2. The quantitative estimate of drug-likeness (QED) is 0.0823. The largest absolute Gasteiger partial charge is 0.392 e. The van der Waals surface area contributed by atoms with Gasteiger partial charge in [-0.15, -0.1) is 6.58 Å². The van der Waals surface area contributed by atoms with Gasteiger partial charge in [-0.05, 0) is 48.9 Å². The Kier molecular flexibility index (Phi) is 13.2. The van der Waals surface area contributed by atoms with E-state index in [1.165, 1.54) is 25.7 Å². The van der Waals surface area contributed by atoms with Crippen molar-refractivity contribution in [2.75, 3.05) is 18.4 Å². The highest BCUT2D eigenvalue weighted by molar-refractivity contribution is 5.90. The molecule has 1 saturated carbocycles. The summed E-state index contributed by atoms with van der Waals surface area (Å²) in [5.41, 5.74) is 5.17. The number of ether oxygens (including phenoxy) is 2. The molecular formula is C34H47N3O6. The van der Waals surface area contributed by atoms with Crippen molar-refractivity contribution in [1.82, 2.24) is 10.4 Å². The van der Waals surface area contributed by atoms with E-state index >= 15 is 0 Å². The molecule has 0 unspecified atom stereocenters. The van der Waals surface area contributed by atoms with Gasteiger partial charge in [-0.1, -0.05) is 68.2 Å². The summed E-state index contributed by atoms with van der Waals surface area (Å²) >= 11 is 0. The van der Waals surface area contributed by atoms with E-state index in [1.54, 1.807) is 5.48 Å². The van der Waals surface area contributed by atoms with Crippen molar-refractivity contribution in [3.63, 3.8) is 0 Å². The van der Waals surface area contributed by atoms with E-state index in [0.29, 0.717) is 18.9 Å². The summed E-state index contributed by atoms with van der Waals surface area (Å²) in [6, 6.07) is 16.1. The zero-order valence-electron chi connectivity index (χ0n) is 25.1. The lowest BCUT2D eigenvalue weighted by atomic mass is 9.99. The van der Waals surface area contributed by atoms with Crippen LogP contribution in [0.15, 0.2) is 61.2 Å². The normalized spacial score (nSPS) is 20.7. The maximum absolute atomic E-state index is 12.5. The van der Waals surface area contributed by atoms with Gasteiger partial charge in [0.05, 0.1) is 18.8 Å². The van der Waals surface area contributed by atoms with Crippen molar-refractivity contribution in [1.29, 1.82) is 0 Å². The van der Waals surface area contributed by atoms with E-state index in [-0.39, 0.29) is 37.0 Å². The molecule has 0 spiro atoms. The van der Waals surface area contributed by atoms with Crippen molar-refractivity contribution in [3.05, 3.63) is 77.9 Å². The Balaban J connectivity index is 1.36. The van der Waals surface area contributed by atoms with Crippen LogP contribution < -0.4 is 10.8 Å². The minimum absolute atomic E-state index is 0.00641. The van der Waals surface area contributed by atoms with Crippen LogP contribution in [-0.2, 0) is 25.7 Å². The standard InChI is InChI=1S/C34H47N3O6/c1-2-21-37(29-9-7-8-10-29)23-30-22-31(26-15-13-25(24-38)14-16-26)43-34(42-30)27-17-19-28(20-18-27)35-32(39)11-5-3-4-6-12-33(40)36-41/h2,13-20,29-31,34,38,41H,1,3-12,21-24H2,(H,35,39)(H,36,40)/t30-,31+,34+/m0/s1. The van der Waals surface area contributed by atoms with Gasteiger partial charge in [-0.2, -0.15) is 0 Å². The summed E-state index contributed by atoms with van der Waals surface area (Å²) in [5, 5.41) is 21.0. The number of anilines is 1. The number of hydrogen-bond acceptors (Lipinski definition) is 7. The van der Waals surface area contributed by atoms with Gasteiger partial charge in [0.15, 0.2) is 6.29 Å². The van der Waals surface area contributed by atoms with Gasteiger partial charge in [0.1, 0.15) is 0 Å². The second-order valence-corrected chi connectivity index (χ2v) is 11.7. The van der Waals surface area contributed by atoms with Gasteiger partial charge < -0.3 is 19.9 Å². The number of hydroxylamine groups is 1. The molecule has 2 aromatic carbocycles. The van der Waals surface area contributed by atoms with E-state index in [4.69, 9.17) is 14.7 Å². The molecule has 9 nitrogen and oxygen atoms in total. The number of aliphatic hydroxyl groups is 1. The first-order chi connectivity index (χ1) is 21.0. The molecule has 2 aliphatic rings. The van der Waals surface area contributed by atoms with Crippen LogP contribution in [0.25, 0.3) is 0 Å². The lowest BCUT2D eigenvalue weighted by Gasteiger charge is -2.39. The number of benzene rings is 2. The van der Waals surface area contributed by atoms with E-state index in [2.05, 4.69) is 16.8 Å². The van der Waals surface area contributed by atoms with E-state index in [0.717, 1.165) is 61.2 Å². The third-order valence-corrected chi connectivity index (χ3v) is 8.41. The van der Waals surface area contributed by atoms with Crippen LogP contribution in [0.2, 0.25) is 0 Å². The molecule has 2 fully saturated rings. The number of carbonyl (C=O) groups excluding carboxylic acids is 2. The summed E-state index contributed by atoms with van der Waals surface area (Å²) in [6.45, 7) is 5.64. The SMILES string of the molecule is C=CCN(C[C@@H]1C[C@H](c2ccc(CO)cc2)O[C@H](c2ccc(NC(=O)CCCCCCC(=O)NO)cc2)O1)C1CCCC1. The first kappa shape index (κ1) is 32.8. The first-order valence-corrected chi connectivity index (χ1v) is 15.7. The van der Waals surface area contributed by atoms with Gasteiger partial charge in [0.25, 0.3) is 0 Å². The summed E-state index contributed by atoms with van der Waals surface area (Å²) in [5.74, 6) is -0.432.